The molecule has 118 valence electrons. The van der Waals surface area contributed by atoms with Crippen LogP contribution in [0.2, 0.25) is 0 Å². The molecule has 1 amide bonds. The number of thiazole rings is 1. The SMILES string of the molecule is CC(C)CNc1nc(N)c(C(=O)N2CCC(C)C(O)C2)s1. The third-order valence-electron chi connectivity index (χ3n) is 3.72. The summed E-state index contributed by atoms with van der Waals surface area (Å²) in [5.41, 5.74) is 5.87. The molecule has 0 radical (unpaired) electrons. The summed E-state index contributed by atoms with van der Waals surface area (Å²) in [5, 5.41) is 13.8. The molecule has 1 aliphatic rings. The first-order valence-electron chi connectivity index (χ1n) is 7.36. The van der Waals surface area contributed by atoms with Gasteiger partial charge in [-0.25, -0.2) is 4.98 Å². The van der Waals surface area contributed by atoms with Crippen LogP contribution < -0.4 is 11.1 Å². The maximum Gasteiger partial charge on any atom is 0.267 e. The molecule has 4 N–H and O–H groups in total. The maximum atomic E-state index is 12.5. The number of hydrogen-bond acceptors (Lipinski definition) is 6. The first-order valence-corrected chi connectivity index (χ1v) is 8.17. The number of hydrogen-bond donors (Lipinski definition) is 3. The van der Waals surface area contributed by atoms with E-state index in [0.717, 1.165) is 13.0 Å². The van der Waals surface area contributed by atoms with E-state index in [1.54, 1.807) is 4.90 Å². The van der Waals surface area contributed by atoms with Crippen molar-refractivity contribution in [3.63, 3.8) is 0 Å². The third-order valence-corrected chi connectivity index (χ3v) is 4.73. The van der Waals surface area contributed by atoms with Gasteiger partial charge < -0.3 is 21.1 Å². The molecule has 21 heavy (non-hydrogen) atoms. The molecule has 0 aromatic carbocycles. The summed E-state index contributed by atoms with van der Waals surface area (Å²) in [6.45, 7) is 8.02. The van der Waals surface area contributed by atoms with Gasteiger partial charge in [-0.1, -0.05) is 32.1 Å². The second kappa shape index (κ2) is 6.62. The Balaban J connectivity index is 2.05. The van der Waals surface area contributed by atoms with Crippen LogP contribution in [0.25, 0.3) is 0 Å². The van der Waals surface area contributed by atoms with E-state index in [0.29, 0.717) is 29.0 Å². The van der Waals surface area contributed by atoms with Gasteiger partial charge in [0.05, 0.1) is 6.10 Å². The Hall–Kier alpha value is -1.34. The number of aromatic nitrogens is 1. The average Bonchev–Trinajstić information content (AvgIpc) is 2.80. The molecule has 1 fully saturated rings. The lowest BCUT2D eigenvalue weighted by atomic mass is 9.96. The molecule has 6 nitrogen and oxygen atoms in total. The summed E-state index contributed by atoms with van der Waals surface area (Å²) in [7, 11) is 0. The van der Waals surface area contributed by atoms with Gasteiger partial charge in [0, 0.05) is 19.6 Å². The largest absolute Gasteiger partial charge is 0.391 e. The van der Waals surface area contributed by atoms with E-state index in [2.05, 4.69) is 24.1 Å². The molecule has 1 saturated heterocycles. The van der Waals surface area contributed by atoms with Crippen molar-refractivity contribution in [2.24, 2.45) is 11.8 Å². The van der Waals surface area contributed by atoms with Crippen LogP contribution in [0.1, 0.15) is 36.9 Å². The topological polar surface area (TPSA) is 91.5 Å². The van der Waals surface area contributed by atoms with E-state index in [1.165, 1.54) is 11.3 Å². The Kier molecular flexibility index (Phi) is 5.05. The van der Waals surface area contributed by atoms with E-state index < -0.39 is 6.10 Å². The lowest BCUT2D eigenvalue weighted by Gasteiger charge is -2.34. The van der Waals surface area contributed by atoms with Crippen molar-refractivity contribution < 1.29 is 9.90 Å². The minimum absolute atomic E-state index is 0.131. The molecule has 0 saturated carbocycles. The zero-order chi connectivity index (χ0) is 15.6. The number of β-amino-alcohol motifs (C(OH)–C–C–N with tert-alkyl or cyclic N) is 1. The Labute approximate surface area is 129 Å². The number of nitrogen functional groups attached to an aromatic ring is 1. The van der Waals surface area contributed by atoms with Crippen molar-refractivity contribution >= 4 is 28.2 Å². The van der Waals surface area contributed by atoms with Crippen molar-refractivity contribution in [3.8, 4) is 0 Å². The number of carbonyl (C=O) groups excluding carboxylic acids is 1. The predicted octanol–water partition coefficient (Wildman–Crippen LogP) is 1.64. The highest BCUT2D eigenvalue weighted by atomic mass is 32.1. The molecule has 0 bridgehead atoms. The number of likely N-dealkylation sites (tertiary alicyclic amines) is 1. The lowest BCUT2D eigenvalue weighted by Crippen LogP contribution is -2.45. The second-order valence-corrected chi connectivity index (χ2v) is 7.09. The number of anilines is 2. The Morgan fingerprint density at radius 2 is 2.33 bits per heavy atom. The summed E-state index contributed by atoms with van der Waals surface area (Å²) >= 11 is 1.29. The summed E-state index contributed by atoms with van der Waals surface area (Å²) in [6.07, 6.45) is 0.347. The quantitative estimate of drug-likeness (QED) is 0.786. The van der Waals surface area contributed by atoms with Crippen LogP contribution in [0.15, 0.2) is 0 Å². The molecule has 2 heterocycles. The van der Waals surface area contributed by atoms with Gasteiger partial charge >= 0.3 is 0 Å². The highest BCUT2D eigenvalue weighted by Crippen LogP contribution is 2.28. The van der Waals surface area contributed by atoms with Crippen molar-refractivity contribution in [3.05, 3.63) is 4.88 Å². The van der Waals surface area contributed by atoms with Crippen molar-refractivity contribution in [1.29, 1.82) is 0 Å². The highest BCUT2D eigenvalue weighted by Gasteiger charge is 2.30. The van der Waals surface area contributed by atoms with Crippen molar-refractivity contribution in [2.75, 3.05) is 30.7 Å². The Morgan fingerprint density at radius 3 is 2.95 bits per heavy atom. The fraction of sp³-hybridized carbons (Fsp3) is 0.714. The maximum absolute atomic E-state index is 12.5. The monoisotopic (exact) mass is 312 g/mol. The van der Waals surface area contributed by atoms with E-state index in [-0.39, 0.29) is 17.6 Å². The zero-order valence-electron chi connectivity index (χ0n) is 12.8. The Bertz CT molecular complexity index is 503. The number of nitrogens with one attached hydrogen (secondary N) is 1. The molecule has 1 aromatic heterocycles. The standard InChI is InChI=1S/C14H24N4O2S/c1-8(2)6-16-14-17-12(15)11(21-14)13(20)18-5-4-9(3)10(19)7-18/h8-10,19H,4-7,15H2,1-3H3,(H,16,17). The minimum atomic E-state index is -0.463. The van der Waals surface area contributed by atoms with Gasteiger partial charge in [0.1, 0.15) is 10.7 Å². The first kappa shape index (κ1) is 16.0. The predicted molar refractivity (Wildman–Crippen MR) is 85.5 cm³/mol. The lowest BCUT2D eigenvalue weighted by molar-refractivity contribution is 0.0252. The van der Waals surface area contributed by atoms with Crippen LogP contribution in [0.3, 0.4) is 0 Å². The van der Waals surface area contributed by atoms with Gasteiger partial charge in [0.2, 0.25) is 0 Å². The van der Waals surface area contributed by atoms with Gasteiger partial charge in [-0.2, -0.15) is 0 Å². The van der Waals surface area contributed by atoms with Crippen LogP contribution in [0, 0.1) is 11.8 Å². The molecular formula is C14H24N4O2S. The number of nitrogens with zero attached hydrogens (tertiary/aromatic N) is 2. The number of carbonyl (C=O) groups is 1. The van der Waals surface area contributed by atoms with E-state index in [1.807, 2.05) is 6.92 Å². The number of piperidine rings is 1. The van der Waals surface area contributed by atoms with E-state index >= 15 is 0 Å². The fourth-order valence-electron chi connectivity index (χ4n) is 2.23. The molecule has 1 aromatic rings. The number of rotatable bonds is 4. The van der Waals surface area contributed by atoms with Crippen LogP contribution >= 0.6 is 11.3 Å². The molecule has 2 unspecified atom stereocenters. The van der Waals surface area contributed by atoms with Crippen LogP contribution in [-0.2, 0) is 0 Å². The molecule has 0 spiro atoms. The molecule has 1 aliphatic heterocycles. The smallest absolute Gasteiger partial charge is 0.267 e. The molecular weight excluding hydrogens is 288 g/mol. The summed E-state index contributed by atoms with van der Waals surface area (Å²) in [4.78, 5) is 18.8. The summed E-state index contributed by atoms with van der Waals surface area (Å²) < 4.78 is 0. The second-order valence-electron chi connectivity index (χ2n) is 6.09. The van der Waals surface area contributed by atoms with Gasteiger partial charge in [0.15, 0.2) is 5.13 Å². The normalized spacial score (nSPS) is 22.6. The fourth-order valence-corrected chi connectivity index (χ4v) is 3.09. The van der Waals surface area contributed by atoms with E-state index in [4.69, 9.17) is 5.73 Å². The number of nitrogens with two attached hydrogens (primary N) is 1. The zero-order valence-corrected chi connectivity index (χ0v) is 13.6. The molecule has 7 heteroatoms. The van der Waals surface area contributed by atoms with Gasteiger partial charge in [-0.05, 0) is 18.3 Å². The average molecular weight is 312 g/mol. The van der Waals surface area contributed by atoms with Crippen LogP contribution in [0.4, 0.5) is 10.9 Å². The van der Waals surface area contributed by atoms with Crippen LogP contribution in [0.5, 0.6) is 0 Å². The van der Waals surface area contributed by atoms with Gasteiger partial charge in [-0.15, -0.1) is 0 Å². The van der Waals surface area contributed by atoms with Gasteiger partial charge in [-0.3, -0.25) is 4.79 Å². The number of amides is 1. The van der Waals surface area contributed by atoms with E-state index in [9.17, 15) is 9.90 Å². The number of aliphatic hydroxyl groups excluding tert-OH is 1. The summed E-state index contributed by atoms with van der Waals surface area (Å²) in [5.74, 6) is 0.863. The third kappa shape index (κ3) is 3.85. The highest BCUT2D eigenvalue weighted by molar-refractivity contribution is 7.18. The minimum Gasteiger partial charge on any atom is -0.391 e. The summed E-state index contributed by atoms with van der Waals surface area (Å²) in [6, 6.07) is 0. The molecule has 0 aliphatic carbocycles. The number of aliphatic hydroxyl groups is 1. The van der Waals surface area contributed by atoms with Gasteiger partial charge in [0.25, 0.3) is 5.91 Å². The van der Waals surface area contributed by atoms with Crippen LogP contribution in [-0.4, -0.2) is 46.6 Å². The Morgan fingerprint density at radius 1 is 1.62 bits per heavy atom. The molecule has 2 atom stereocenters. The van der Waals surface area contributed by atoms with Crippen molar-refractivity contribution in [2.45, 2.75) is 33.3 Å². The first-order chi connectivity index (χ1) is 9.88. The van der Waals surface area contributed by atoms with Crippen molar-refractivity contribution in [1.82, 2.24) is 9.88 Å². The molecule has 2 rings (SSSR count).